The molecule has 1 amide bonds. The molecule has 122 valence electrons. The summed E-state index contributed by atoms with van der Waals surface area (Å²) in [5.41, 5.74) is 1.03. The Kier molecular flexibility index (Phi) is 5.44. The first-order valence-electron chi connectivity index (χ1n) is 8.15. The Labute approximate surface area is 135 Å². The molecule has 1 aromatic rings. The first-order chi connectivity index (χ1) is 10.7. The molecule has 2 fully saturated rings. The van der Waals surface area contributed by atoms with Crippen molar-refractivity contribution in [3.05, 3.63) is 16.1 Å². The topological polar surface area (TPSA) is 51.7 Å². The lowest BCUT2D eigenvalue weighted by Gasteiger charge is -2.34. The maximum Gasteiger partial charge on any atom is 0.249 e. The predicted octanol–water partition coefficient (Wildman–Crippen LogP) is 2.70. The van der Waals surface area contributed by atoms with Gasteiger partial charge in [0.2, 0.25) is 5.91 Å². The van der Waals surface area contributed by atoms with E-state index >= 15 is 0 Å². The third kappa shape index (κ3) is 3.86. The lowest BCUT2D eigenvalue weighted by Crippen LogP contribution is -2.40. The van der Waals surface area contributed by atoms with Gasteiger partial charge in [0, 0.05) is 24.2 Å². The maximum absolute atomic E-state index is 12.5. The summed E-state index contributed by atoms with van der Waals surface area (Å²) in [7, 11) is 0. The van der Waals surface area contributed by atoms with E-state index in [-0.39, 0.29) is 24.7 Å². The molecule has 0 saturated carbocycles. The van der Waals surface area contributed by atoms with Crippen LogP contribution in [0, 0.1) is 6.92 Å². The molecule has 2 atom stereocenters. The van der Waals surface area contributed by atoms with E-state index < -0.39 is 0 Å². The fraction of sp³-hybridized carbons (Fsp3) is 0.750. The van der Waals surface area contributed by atoms with Gasteiger partial charge >= 0.3 is 0 Å². The van der Waals surface area contributed by atoms with E-state index in [2.05, 4.69) is 10.4 Å². The number of hydrogen-bond donors (Lipinski definition) is 0. The molecule has 0 unspecified atom stereocenters. The minimum Gasteiger partial charge on any atom is -0.376 e. The van der Waals surface area contributed by atoms with Crippen LogP contribution in [-0.2, 0) is 14.3 Å². The van der Waals surface area contributed by atoms with Crippen LogP contribution in [0.1, 0.15) is 48.8 Å². The van der Waals surface area contributed by atoms with Crippen LogP contribution in [0.3, 0.4) is 0 Å². The van der Waals surface area contributed by atoms with E-state index in [0.29, 0.717) is 6.61 Å². The number of carbonyl (C=O) groups excluding carboxylic acids is 1. The van der Waals surface area contributed by atoms with Gasteiger partial charge in [0.05, 0.1) is 18.8 Å². The maximum atomic E-state index is 12.5. The molecule has 22 heavy (non-hydrogen) atoms. The number of thiazole rings is 1. The number of amides is 1. The van der Waals surface area contributed by atoms with Crippen LogP contribution in [0.2, 0.25) is 0 Å². The first-order valence-corrected chi connectivity index (χ1v) is 9.03. The van der Waals surface area contributed by atoms with Gasteiger partial charge in [0.15, 0.2) is 0 Å². The van der Waals surface area contributed by atoms with Crippen molar-refractivity contribution < 1.29 is 14.3 Å². The summed E-state index contributed by atoms with van der Waals surface area (Å²) in [5.74, 6) is 0.0792. The number of aromatic nitrogens is 1. The highest BCUT2D eigenvalue weighted by Crippen LogP contribution is 2.32. The van der Waals surface area contributed by atoms with Gasteiger partial charge in [-0.25, -0.2) is 4.98 Å². The van der Waals surface area contributed by atoms with Gasteiger partial charge in [-0.15, -0.1) is 11.3 Å². The van der Waals surface area contributed by atoms with Crippen molar-refractivity contribution in [1.82, 2.24) is 9.88 Å². The summed E-state index contributed by atoms with van der Waals surface area (Å²) in [4.78, 5) is 19.0. The zero-order valence-corrected chi connectivity index (χ0v) is 13.9. The summed E-state index contributed by atoms with van der Waals surface area (Å²) < 4.78 is 11.1. The summed E-state index contributed by atoms with van der Waals surface area (Å²) >= 11 is 1.66. The summed E-state index contributed by atoms with van der Waals surface area (Å²) in [5, 5.41) is 3.12. The smallest absolute Gasteiger partial charge is 0.249 e. The van der Waals surface area contributed by atoms with Crippen LogP contribution >= 0.6 is 11.3 Å². The zero-order chi connectivity index (χ0) is 15.4. The van der Waals surface area contributed by atoms with E-state index in [0.717, 1.165) is 56.0 Å². The number of likely N-dealkylation sites (tertiary alicyclic amines) is 1. The SMILES string of the molecule is Cc1csc([C@H]2CCCCN2C(=O)COC[C@@H]2CCCO2)n1. The number of nitrogens with zero attached hydrogens (tertiary/aromatic N) is 2. The van der Waals surface area contributed by atoms with Crippen LogP contribution in [-0.4, -0.2) is 48.3 Å². The molecule has 1 aromatic heterocycles. The van der Waals surface area contributed by atoms with Gasteiger partial charge in [-0.2, -0.15) is 0 Å². The minimum atomic E-state index is 0.0792. The molecule has 0 bridgehead atoms. The Bertz CT molecular complexity index is 499. The highest BCUT2D eigenvalue weighted by atomic mass is 32.1. The minimum absolute atomic E-state index is 0.0792. The molecular weight excluding hydrogens is 300 g/mol. The fourth-order valence-electron chi connectivity index (χ4n) is 3.15. The average Bonchev–Trinajstić information content (AvgIpc) is 3.19. The van der Waals surface area contributed by atoms with Crippen LogP contribution in [0.4, 0.5) is 0 Å². The van der Waals surface area contributed by atoms with Crippen LogP contribution < -0.4 is 0 Å². The lowest BCUT2D eigenvalue weighted by atomic mass is 10.0. The Hall–Kier alpha value is -0.980. The molecule has 0 spiro atoms. The fourth-order valence-corrected chi connectivity index (χ4v) is 4.09. The van der Waals surface area contributed by atoms with Gasteiger partial charge < -0.3 is 14.4 Å². The molecule has 0 radical (unpaired) electrons. The van der Waals surface area contributed by atoms with Gasteiger partial charge in [0.1, 0.15) is 11.6 Å². The van der Waals surface area contributed by atoms with Crippen LogP contribution in [0.15, 0.2) is 5.38 Å². The summed E-state index contributed by atoms with van der Waals surface area (Å²) in [6.45, 7) is 4.31. The number of carbonyl (C=O) groups is 1. The Morgan fingerprint density at radius 2 is 2.36 bits per heavy atom. The number of aryl methyl sites for hydroxylation is 1. The Morgan fingerprint density at radius 3 is 3.09 bits per heavy atom. The van der Waals surface area contributed by atoms with E-state index in [1.807, 2.05) is 11.8 Å². The number of rotatable bonds is 5. The molecular formula is C16H24N2O3S. The predicted molar refractivity (Wildman–Crippen MR) is 84.9 cm³/mol. The number of piperidine rings is 1. The van der Waals surface area contributed by atoms with Crippen molar-refractivity contribution in [2.75, 3.05) is 26.4 Å². The first kappa shape index (κ1) is 15.9. The third-order valence-corrected chi connectivity index (χ3v) is 5.36. The van der Waals surface area contributed by atoms with E-state index in [9.17, 15) is 4.79 Å². The lowest BCUT2D eigenvalue weighted by molar-refractivity contribution is -0.141. The van der Waals surface area contributed by atoms with Crippen molar-refractivity contribution in [3.63, 3.8) is 0 Å². The Balaban J connectivity index is 1.54. The van der Waals surface area contributed by atoms with Crippen LogP contribution in [0.5, 0.6) is 0 Å². The second-order valence-electron chi connectivity index (χ2n) is 6.08. The summed E-state index contributed by atoms with van der Waals surface area (Å²) in [6, 6.07) is 0.131. The number of hydrogen-bond acceptors (Lipinski definition) is 5. The normalized spacial score (nSPS) is 25.6. The van der Waals surface area contributed by atoms with Crippen molar-refractivity contribution in [2.45, 2.75) is 51.2 Å². The molecule has 0 aliphatic carbocycles. The second kappa shape index (κ2) is 7.53. The average molecular weight is 324 g/mol. The van der Waals surface area contributed by atoms with Crippen molar-refractivity contribution in [2.24, 2.45) is 0 Å². The summed E-state index contributed by atoms with van der Waals surface area (Å²) in [6.07, 6.45) is 5.54. The molecule has 0 aromatic carbocycles. The van der Waals surface area contributed by atoms with Crippen LogP contribution in [0.25, 0.3) is 0 Å². The molecule has 2 saturated heterocycles. The standard InChI is InChI=1S/C16H24N2O3S/c1-12-11-22-16(17-12)14-6-2-3-7-18(14)15(19)10-20-9-13-5-4-8-21-13/h11,13-14H,2-10H2,1H3/t13-,14+/m0/s1. The van der Waals surface area contributed by atoms with Gasteiger partial charge in [0.25, 0.3) is 0 Å². The highest BCUT2D eigenvalue weighted by Gasteiger charge is 2.30. The van der Waals surface area contributed by atoms with E-state index in [1.165, 1.54) is 0 Å². The molecule has 2 aliphatic heterocycles. The van der Waals surface area contributed by atoms with Crippen molar-refractivity contribution >= 4 is 17.2 Å². The van der Waals surface area contributed by atoms with Gasteiger partial charge in [-0.1, -0.05) is 0 Å². The highest BCUT2D eigenvalue weighted by molar-refractivity contribution is 7.09. The molecule has 3 rings (SSSR count). The Morgan fingerprint density at radius 1 is 1.45 bits per heavy atom. The van der Waals surface area contributed by atoms with E-state index in [1.54, 1.807) is 11.3 Å². The molecule has 0 N–H and O–H groups in total. The number of ether oxygens (including phenoxy) is 2. The zero-order valence-electron chi connectivity index (χ0n) is 13.1. The third-order valence-electron chi connectivity index (χ3n) is 4.30. The van der Waals surface area contributed by atoms with Gasteiger partial charge in [-0.05, 0) is 39.0 Å². The molecule has 2 aliphatic rings. The monoisotopic (exact) mass is 324 g/mol. The van der Waals surface area contributed by atoms with E-state index in [4.69, 9.17) is 9.47 Å². The molecule has 5 nitrogen and oxygen atoms in total. The van der Waals surface area contributed by atoms with Crippen molar-refractivity contribution in [1.29, 1.82) is 0 Å². The second-order valence-corrected chi connectivity index (χ2v) is 6.97. The van der Waals surface area contributed by atoms with Crippen molar-refractivity contribution in [3.8, 4) is 0 Å². The molecule has 6 heteroatoms. The quantitative estimate of drug-likeness (QED) is 0.835. The van der Waals surface area contributed by atoms with Gasteiger partial charge in [-0.3, -0.25) is 4.79 Å². The molecule has 3 heterocycles. The largest absolute Gasteiger partial charge is 0.376 e.